The van der Waals surface area contributed by atoms with Crippen LogP contribution >= 0.6 is 0 Å². The summed E-state index contributed by atoms with van der Waals surface area (Å²) >= 11 is 0. The van der Waals surface area contributed by atoms with E-state index < -0.39 is 11.7 Å². The maximum absolute atomic E-state index is 12.7. The van der Waals surface area contributed by atoms with E-state index >= 15 is 0 Å². The van der Waals surface area contributed by atoms with E-state index in [4.69, 9.17) is 0 Å². The van der Waals surface area contributed by atoms with Crippen LogP contribution in [0.25, 0.3) is 0 Å². The van der Waals surface area contributed by atoms with Gasteiger partial charge in [-0.15, -0.1) is 0 Å². The summed E-state index contributed by atoms with van der Waals surface area (Å²) in [5.41, 5.74) is 1.01. The third kappa shape index (κ3) is 3.50. The Balaban J connectivity index is 3.21. The Labute approximate surface area is 113 Å². The molecule has 0 spiro atoms. The lowest BCUT2D eigenvalue weighted by Gasteiger charge is -2.34. The van der Waals surface area contributed by atoms with Gasteiger partial charge < -0.3 is 5.32 Å². The minimum absolute atomic E-state index is 0.0146. The maximum Gasteiger partial charge on any atom is 0.416 e. The molecule has 0 radical (unpaired) electrons. The molecule has 1 nitrogen and oxygen atoms in total. The van der Waals surface area contributed by atoms with Crippen molar-refractivity contribution in [2.45, 2.75) is 46.3 Å². The summed E-state index contributed by atoms with van der Waals surface area (Å²) in [5, 5.41) is 3.23. The number of halogens is 3. The number of nitrogens with one attached hydrogen (secondary N) is 1. The molecule has 0 aromatic heterocycles. The number of benzene rings is 1. The predicted molar refractivity (Wildman–Crippen MR) is 72.1 cm³/mol. The topological polar surface area (TPSA) is 12.0 Å². The lowest BCUT2D eigenvalue weighted by Crippen LogP contribution is -2.32. The quantitative estimate of drug-likeness (QED) is 0.837. The van der Waals surface area contributed by atoms with E-state index in [1.807, 2.05) is 7.05 Å². The van der Waals surface area contributed by atoms with E-state index in [1.165, 1.54) is 12.1 Å². The number of alkyl halides is 3. The van der Waals surface area contributed by atoms with E-state index in [9.17, 15) is 13.2 Å². The van der Waals surface area contributed by atoms with Gasteiger partial charge in [0.05, 0.1) is 5.56 Å². The van der Waals surface area contributed by atoms with Gasteiger partial charge in [0, 0.05) is 6.04 Å². The van der Waals surface area contributed by atoms with E-state index in [1.54, 1.807) is 13.0 Å². The maximum atomic E-state index is 12.7. The van der Waals surface area contributed by atoms with Crippen LogP contribution in [0.5, 0.6) is 0 Å². The van der Waals surface area contributed by atoms with E-state index in [-0.39, 0.29) is 11.5 Å². The van der Waals surface area contributed by atoms with Crippen molar-refractivity contribution in [1.29, 1.82) is 0 Å². The molecule has 0 aliphatic heterocycles. The standard InChI is InChI=1S/C15H22F3N/c1-6-14(3,4)13(19-5)12-8-7-11(9-10(12)2)15(16,17)18/h7-9,13,19H,6H2,1-5H3. The predicted octanol–water partition coefficient (Wildman–Crippen LogP) is 4.71. The van der Waals surface area contributed by atoms with Crippen LogP contribution in [0, 0.1) is 12.3 Å². The molecule has 1 N–H and O–H groups in total. The van der Waals surface area contributed by atoms with Gasteiger partial charge in [-0.05, 0) is 49.1 Å². The summed E-state index contributed by atoms with van der Waals surface area (Å²) in [5.74, 6) is 0. The van der Waals surface area contributed by atoms with Crippen molar-refractivity contribution in [2.75, 3.05) is 7.05 Å². The molecule has 4 heteroatoms. The van der Waals surface area contributed by atoms with Gasteiger partial charge in [-0.3, -0.25) is 0 Å². The zero-order chi connectivity index (χ0) is 14.8. The van der Waals surface area contributed by atoms with Crippen LogP contribution in [-0.4, -0.2) is 7.05 Å². The summed E-state index contributed by atoms with van der Waals surface area (Å²) in [6.07, 6.45) is -3.34. The molecule has 1 rings (SSSR count). The third-order valence-electron chi connectivity index (χ3n) is 3.89. The number of rotatable bonds is 4. The van der Waals surface area contributed by atoms with Gasteiger partial charge in [-0.1, -0.05) is 26.8 Å². The Morgan fingerprint density at radius 3 is 2.16 bits per heavy atom. The van der Waals surface area contributed by atoms with Crippen LogP contribution in [0.4, 0.5) is 13.2 Å². The summed E-state index contributed by atoms with van der Waals surface area (Å²) in [4.78, 5) is 0. The van der Waals surface area contributed by atoms with Gasteiger partial charge in [-0.2, -0.15) is 13.2 Å². The van der Waals surface area contributed by atoms with Crippen molar-refractivity contribution in [1.82, 2.24) is 5.32 Å². The average molecular weight is 273 g/mol. The molecule has 1 atom stereocenters. The summed E-state index contributed by atoms with van der Waals surface area (Å²) < 4.78 is 38.0. The first-order valence-electron chi connectivity index (χ1n) is 6.48. The molecule has 108 valence electrons. The molecule has 0 fully saturated rings. The molecule has 1 unspecified atom stereocenters. The van der Waals surface area contributed by atoms with Crippen molar-refractivity contribution in [3.05, 3.63) is 34.9 Å². The molecule has 0 heterocycles. The van der Waals surface area contributed by atoms with Crippen LogP contribution in [0.1, 0.15) is 49.9 Å². The fourth-order valence-corrected chi connectivity index (χ4v) is 2.35. The molecule has 0 aliphatic rings. The first kappa shape index (κ1) is 16.0. The molecule has 1 aromatic rings. The molecule has 0 aliphatic carbocycles. The fraction of sp³-hybridized carbons (Fsp3) is 0.600. The van der Waals surface area contributed by atoms with Gasteiger partial charge >= 0.3 is 6.18 Å². The van der Waals surface area contributed by atoms with Gasteiger partial charge in [0.25, 0.3) is 0 Å². The molecule has 1 aromatic carbocycles. The molecule has 19 heavy (non-hydrogen) atoms. The van der Waals surface area contributed by atoms with Crippen molar-refractivity contribution < 1.29 is 13.2 Å². The van der Waals surface area contributed by atoms with E-state index in [0.29, 0.717) is 5.56 Å². The lowest BCUT2D eigenvalue weighted by molar-refractivity contribution is -0.137. The van der Waals surface area contributed by atoms with Crippen molar-refractivity contribution in [3.63, 3.8) is 0 Å². The largest absolute Gasteiger partial charge is 0.416 e. The van der Waals surface area contributed by atoms with Crippen LogP contribution in [0.15, 0.2) is 18.2 Å². The van der Waals surface area contributed by atoms with E-state index in [0.717, 1.165) is 12.0 Å². The molecule has 0 amide bonds. The highest BCUT2D eigenvalue weighted by atomic mass is 19.4. The smallest absolute Gasteiger partial charge is 0.313 e. The SMILES string of the molecule is CCC(C)(C)C(NC)c1ccc(C(F)(F)F)cc1C. The number of hydrogen-bond acceptors (Lipinski definition) is 1. The Hall–Kier alpha value is -1.03. The third-order valence-corrected chi connectivity index (χ3v) is 3.89. The molecular weight excluding hydrogens is 251 g/mol. The minimum atomic E-state index is -4.28. The van der Waals surface area contributed by atoms with Crippen LogP contribution in [0.2, 0.25) is 0 Å². The Kier molecular flexibility index (Phi) is 4.67. The molecule has 0 bridgehead atoms. The van der Waals surface area contributed by atoms with Crippen molar-refractivity contribution >= 4 is 0 Å². The highest BCUT2D eigenvalue weighted by Gasteiger charge is 2.33. The van der Waals surface area contributed by atoms with Crippen LogP contribution in [-0.2, 0) is 6.18 Å². The highest BCUT2D eigenvalue weighted by molar-refractivity contribution is 5.35. The van der Waals surface area contributed by atoms with Crippen LogP contribution in [0.3, 0.4) is 0 Å². The number of hydrogen-bond donors (Lipinski definition) is 1. The lowest BCUT2D eigenvalue weighted by atomic mass is 9.77. The second-order valence-corrected chi connectivity index (χ2v) is 5.63. The number of aryl methyl sites for hydroxylation is 1. The zero-order valence-corrected chi connectivity index (χ0v) is 12.2. The molecule has 0 saturated heterocycles. The molecular formula is C15H22F3N. The minimum Gasteiger partial charge on any atom is -0.313 e. The molecule has 0 saturated carbocycles. The Morgan fingerprint density at radius 2 is 1.79 bits per heavy atom. The van der Waals surface area contributed by atoms with E-state index in [2.05, 4.69) is 26.1 Å². The van der Waals surface area contributed by atoms with Crippen molar-refractivity contribution in [2.24, 2.45) is 5.41 Å². The van der Waals surface area contributed by atoms with Gasteiger partial charge in [0.1, 0.15) is 0 Å². The van der Waals surface area contributed by atoms with Crippen LogP contribution < -0.4 is 5.32 Å². The Morgan fingerprint density at radius 1 is 1.21 bits per heavy atom. The second-order valence-electron chi connectivity index (χ2n) is 5.63. The van der Waals surface area contributed by atoms with Gasteiger partial charge in [0.15, 0.2) is 0 Å². The first-order valence-corrected chi connectivity index (χ1v) is 6.48. The first-order chi connectivity index (χ1) is 8.63. The average Bonchev–Trinajstić information content (AvgIpc) is 2.30. The zero-order valence-electron chi connectivity index (χ0n) is 12.2. The Bertz CT molecular complexity index is 436. The van der Waals surface area contributed by atoms with Gasteiger partial charge in [-0.25, -0.2) is 0 Å². The monoisotopic (exact) mass is 273 g/mol. The summed E-state index contributed by atoms with van der Waals surface area (Å²) in [6, 6.07) is 4.03. The normalized spacial score (nSPS) is 14.5. The van der Waals surface area contributed by atoms with Crippen molar-refractivity contribution in [3.8, 4) is 0 Å². The fourth-order valence-electron chi connectivity index (χ4n) is 2.35. The summed E-state index contributed by atoms with van der Waals surface area (Å²) in [7, 11) is 1.85. The van der Waals surface area contributed by atoms with Gasteiger partial charge in [0.2, 0.25) is 0 Å². The highest BCUT2D eigenvalue weighted by Crippen LogP contribution is 2.39. The summed E-state index contributed by atoms with van der Waals surface area (Å²) in [6.45, 7) is 8.06. The second kappa shape index (κ2) is 5.53.